The largest absolute Gasteiger partial charge is 0.475 e. The molecule has 0 spiro atoms. The lowest BCUT2D eigenvalue weighted by Gasteiger charge is -2.16. The monoisotopic (exact) mass is 443 g/mol. The first-order valence-electron chi connectivity index (χ1n) is 9.58. The molecule has 2 aromatic carbocycles. The van der Waals surface area contributed by atoms with Crippen LogP contribution in [0.1, 0.15) is 20.8 Å². The third kappa shape index (κ3) is 6.55. The molecule has 0 bridgehead atoms. The van der Waals surface area contributed by atoms with E-state index in [1.807, 2.05) is 0 Å². The first-order valence-corrected chi connectivity index (χ1v) is 9.96. The molecule has 162 valence electrons. The molecule has 1 aromatic heterocycles. The average molecular weight is 444 g/mol. The van der Waals surface area contributed by atoms with Crippen LogP contribution in [0.15, 0.2) is 53.8 Å². The second-order valence-electron chi connectivity index (χ2n) is 6.69. The van der Waals surface area contributed by atoms with Crippen LogP contribution < -0.4 is 9.47 Å². The molecule has 9 heteroatoms. The Hall–Kier alpha value is -3.39. The summed E-state index contributed by atoms with van der Waals surface area (Å²) in [4.78, 5) is 25.9. The van der Waals surface area contributed by atoms with Crippen molar-refractivity contribution in [2.45, 2.75) is 26.9 Å². The van der Waals surface area contributed by atoms with E-state index in [0.29, 0.717) is 27.6 Å². The molecule has 8 nitrogen and oxygen atoms in total. The number of fused-ring (bicyclic) bond motifs is 1. The molecule has 0 aliphatic rings. The van der Waals surface area contributed by atoms with E-state index in [1.54, 1.807) is 63.2 Å². The van der Waals surface area contributed by atoms with Gasteiger partial charge in [0.2, 0.25) is 5.88 Å². The van der Waals surface area contributed by atoms with Crippen molar-refractivity contribution in [3.8, 4) is 17.4 Å². The smallest absolute Gasteiger partial charge is 0.347 e. The molecule has 0 fully saturated rings. The third-order valence-electron chi connectivity index (χ3n) is 3.85. The summed E-state index contributed by atoms with van der Waals surface area (Å²) in [6, 6.07) is 12.2. The highest BCUT2D eigenvalue weighted by Gasteiger charge is 2.19. The molecular weight excluding hydrogens is 422 g/mol. The quantitative estimate of drug-likeness (QED) is 0.203. The maximum Gasteiger partial charge on any atom is 0.347 e. The van der Waals surface area contributed by atoms with E-state index >= 15 is 0 Å². The van der Waals surface area contributed by atoms with Gasteiger partial charge in [0.25, 0.3) is 0 Å². The summed E-state index contributed by atoms with van der Waals surface area (Å²) in [6.45, 7) is 5.43. The van der Waals surface area contributed by atoms with E-state index < -0.39 is 12.1 Å². The predicted molar refractivity (Wildman–Crippen MR) is 117 cm³/mol. The van der Waals surface area contributed by atoms with E-state index in [4.69, 9.17) is 30.6 Å². The van der Waals surface area contributed by atoms with Gasteiger partial charge in [-0.3, -0.25) is 0 Å². The number of halogens is 1. The lowest BCUT2D eigenvalue weighted by Crippen LogP contribution is -2.27. The minimum Gasteiger partial charge on any atom is -0.475 e. The van der Waals surface area contributed by atoms with E-state index in [9.17, 15) is 4.79 Å². The number of para-hydroxylation sites is 2. The lowest BCUT2D eigenvalue weighted by molar-refractivity contribution is -0.152. The maximum atomic E-state index is 12.2. The van der Waals surface area contributed by atoms with E-state index in [-0.39, 0.29) is 19.1 Å². The van der Waals surface area contributed by atoms with Gasteiger partial charge in [0.05, 0.1) is 22.9 Å². The Morgan fingerprint density at radius 3 is 2.65 bits per heavy atom. The fraction of sp³-hybridized carbons (Fsp3) is 0.273. The van der Waals surface area contributed by atoms with E-state index in [0.717, 1.165) is 5.71 Å². The number of rotatable bonds is 9. The second-order valence-corrected chi connectivity index (χ2v) is 7.13. The Morgan fingerprint density at radius 1 is 1.10 bits per heavy atom. The summed E-state index contributed by atoms with van der Waals surface area (Å²) in [5, 5.41) is 4.35. The van der Waals surface area contributed by atoms with Crippen molar-refractivity contribution in [2.75, 3.05) is 13.2 Å². The summed E-state index contributed by atoms with van der Waals surface area (Å²) < 4.78 is 16.7. The van der Waals surface area contributed by atoms with E-state index in [2.05, 4.69) is 15.1 Å². The number of hydrogen-bond donors (Lipinski definition) is 0. The summed E-state index contributed by atoms with van der Waals surface area (Å²) in [7, 11) is 0. The topological polar surface area (TPSA) is 92.1 Å². The molecule has 1 heterocycles. The van der Waals surface area contributed by atoms with Gasteiger partial charge in [-0.1, -0.05) is 28.9 Å². The Kier molecular flexibility index (Phi) is 7.61. The normalized spacial score (nSPS) is 11.5. The summed E-state index contributed by atoms with van der Waals surface area (Å²) in [5.41, 5.74) is 2.08. The highest BCUT2D eigenvalue weighted by molar-refractivity contribution is 6.31. The number of carbonyl (C=O) groups excluding carboxylic acids is 1. The van der Waals surface area contributed by atoms with Crippen LogP contribution in [0.5, 0.6) is 17.4 Å². The van der Waals surface area contributed by atoms with Gasteiger partial charge in [-0.2, -0.15) is 0 Å². The fourth-order valence-corrected chi connectivity index (χ4v) is 2.64. The number of hydrogen-bond acceptors (Lipinski definition) is 8. The fourth-order valence-electron chi connectivity index (χ4n) is 2.47. The minimum atomic E-state index is -0.856. The van der Waals surface area contributed by atoms with Crippen LogP contribution in [0.25, 0.3) is 11.0 Å². The average Bonchev–Trinajstić information content (AvgIpc) is 2.74. The molecule has 0 amide bonds. The van der Waals surface area contributed by atoms with Gasteiger partial charge in [0.15, 0.2) is 24.2 Å². The van der Waals surface area contributed by atoms with Crippen LogP contribution in [0.3, 0.4) is 0 Å². The standard InChI is InChI=1S/C22H22ClN3O5/c1-14(2)26-29-11-10-28-22(27)15(3)30-19-6-4-5-7-20(19)31-21-13-24-18-12-16(23)8-9-17(18)25-21/h4-9,12-13,15H,10-11H2,1-3H3. The van der Waals surface area contributed by atoms with Crippen LogP contribution in [-0.4, -0.2) is 41.0 Å². The molecule has 3 rings (SSSR count). The van der Waals surface area contributed by atoms with Crippen LogP contribution in [0, 0.1) is 0 Å². The van der Waals surface area contributed by atoms with Crippen molar-refractivity contribution in [1.82, 2.24) is 9.97 Å². The number of benzene rings is 2. The van der Waals surface area contributed by atoms with Crippen molar-refractivity contribution in [3.05, 3.63) is 53.7 Å². The summed E-state index contributed by atoms with van der Waals surface area (Å²) >= 11 is 5.98. The first kappa shape index (κ1) is 22.3. The van der Waals surface area contributed by atoms with Gasteiger partial charge in [0.1, 0.15) is 6.61 Å². The van der Waals surface area contributed by atoms with Gasteiger partial charge < -0.3 is 19.0 Å². The van der Waals surface area contributed by atoms with Crippen LogP contribution in [-0.2, 0) is 14.4 Å². The summed E-state index contributed by atoms with van der Waals surface area (Å²) in [5.74, 6) is 0.510. The Morgan fingerprint density at radius 2 is 1.87 bits per heavy atom. The number of esters is 1. The van der Waals surface area contributed by atoms with Crippen molar-refractivity contribution < 1.29 is 23.8 Å². The molecule has 31 heavy (non-hydrogen) atoms. The molecule has 0 aliphatic heterocycles. The SMILES string of the molecule is CC(C)=NOCCOC(=O)C(C)Oc1ccccc1Oc1cnc2cc(Cl)ccc2n1. The molecule has 0 N–H and O–H groups in total. The van der Waals surface area contributed by atoms with Crippen molar-refractivity contribution in [2.24, 2.45) is 5.16 Å². The molecule has 0 radical (unpaired) electrons. The summed E-state index contributed by atoms with van der Waals surface area (Å²) in [6.07, 6.45) is 0.638. The first-order chi connectivity index (χ1) is 14.9. The number of carbonyl (C=O) groups is 1. The van der Waals surface area contributed by atoms with Crippen LogP contribution in [0.4, 0.5) is 0 Å². The zero-order chi connectivity index (χ0) is 22.2. The molecule has 1 atom stereocenters. The van der Waals surface area contributed by atoms with Crippen LogP contribution >= 0.6 is 11.6 Å². The molecule has 1 unspecified atom stereocenters. The van der Waals surface area contributed by atoms with Crippen molar-refractivity contribution >= 4 is 34.3 Å². The highest BCUT2D eigenvalue weighted by atomic mass is 35.5. The maximum absolute atomic E-state index is 12.2. The molecule has 0 aliphatic carbocycles. The number of oxime groups is 1. The second kappa shape index (κ2) is 10.6. The minimum absolute atomic E-state index is 0.0676. The van der Waals surface area contributed by atoms with Crippen LogP contribution in [0.2, 0.25) is 5.02 Å². The van der Waals surface area contributed by atoms with Gasteiger partial charge in [0, 0.05) is 5.02 Å². The van der Waals surface area contributed by atoms with E-state index in [1.165, 1.54) is 6.20 Å². The van der Waals surface area contributed by atoms with Gasteiger partial charge in [-0.05, 0) is 51.1 Å². The number of aromatic nitrogens is 2. The van der Waals surface area contributed by atoms with Gasteiger partial charge in [-0.25, -0.2) is 14.8 Å². The number of ether oxygens (including phenoxy) is 3. The zero-order valence-electron chi connectivity index (χ0n) is 17.4. The highest BCUT2D eigenvalue weighted by Crippen LogP contribution is 2.31. The predicted octanol–water partition coefficient (Wildman–Crippen LogP) is 4.80. The van der Waals surface area contributed by atoms with Crippen molar-refractivity contribution in [1.29, 1.82) is 0 Å². The Balaban J connectivity index is 1.63. The molecular formula is C22H22ClN3O5. The number of nitrogens with zero attached hydrogens (tertiary/aromatic N) is 3. The third-order valence-corrected chi connectivity index (χ3v) is 4.08. The van der Waals surface area contributed by atoms with Gasteiger partial charge in [-0.15, -0.1) is 0 Å². The van der Waals surface area contributed by atoms with Crippen molar-refractivity contribution in [3.63, 3.8) is 0 Å². The Labute approximate surface area is 184 Å². The molecule has 0 saturated heterocycles. The zero-order valence-corrected chi connectivity index (χ0v) is 18.1. The Bertz CT molecular complexity index is 1090. The molecule has 3 aromatic rings. The molecule has 0 saturated carbocycles. The van der Waals surface area contributed by atoms with Gasteiger partial charge >= 0.3 is 5.97 Å². The lowest BCUT2D eigenvalue weighted by atomic mass is 10.3.